The highest BCUT2D eigenvalue weighted by Crippen LogP contribution is 2.46. The van der Waals surface area contributed by atoms with E-state index in [0.29, 0.717) is 34.9 Å². The lowest BCUT2D eigenvalue weighted by atomic mass is 9.96. The molecule has 0 unspecified atom stereocenters. The van der Waals surface area contributed by atoms with Crippen LogP contribution >= 0.6 is 22.7 Å². The molecule has 12 heteroatoms. The van der Waals surface area contributed by atoms with Gasteiger partial charge in [0.2, 0.25) is 0 Å². The Morgan fingerprint density at radius 3 is 1.00 bits per heavy atom. The first-order valence-corrected chi connectivity index (χ1v) is 38.9. The highest BCUT2D eigenvalue weighted by atomic mass is 32.1. The van der Waals surface area contributed by atoms with Gasteiger partial charge in [0.15, 0.2) is 34.9 Å². The maximum absolute atomic E-state index is 5.42. The van der Waals surface area contributed by atoms with Gasteiger partial charge in [-0.2, -0.15) is 10.2 Å². The van der Waals surface area contributed by atoms with Crippen molar-refractivity contribution in [3.8, 4) is 136 Å². The molecule has 0 aliphatic carbocycles. The van der Waals surface area contributed by atoms with Crippen LogP contribution in [0.5, 0.6) is 0 Å². The maximum atomic E-state index is 5.42. The van der Waals surface area contributed by atoms with Crippen LogP contribution in [0.3, 0.4) is 0 Å². The summed E-state index contributed by atoms with van der Waals surface area (Å²) >= 11 is 3.57. The van der Waals surface area contributed by atoms with Gasteiger partial charge in [-0.05, 0) is 58.3 Å². The van der Waals surface area contributed by atoms with Crippen LogP contribution in [0.15, 0.2) is 376 Å². The molecule has 0 spiro atoms. The predicted octanol–water partition coefficient (Wildman–Crippen LogP) is 26.1. The number of thiophene rings is 2. The minimum absolute atomic E-state index is 0.618. The van der Waals surface area contributed by atoms with Crippen molar-refractivity contribution in [1.29, 1.82) is 0 Å². The van der Waals surface area contributed by atoms with Crippen molar-refractivity contribution in [2.45, 2.75) is 0 Å². The van der Waals surface area contributed by atoms with Crippen LogP contribution in [0, 0.1) is 0 Å². The SMILES string of the molecule is c1ccc(-c2nc(-c3ccc(-c4nn5c(-c6ccccc6)cc6ccccc6c5c4-c4ccccc4)cc3)nc(-c3cccc4c3sc3ccccc34)n2)cc1.c1ccc(-c2nc(-c3ccc(-c4nn5c(-c6ccccc6)cc6ccccc6c5c4-c4ccccc4)cc3)nc(-c3cccc4sc5ccccc5c34)n2)cc1. The minimum Gasteiger partial charge on any atom is -0.231 e. The standard InChI is InChI=1S/2C50H31N5S/c1-4-15-32(16-5-1)42-31-37-21-10-11-22-38(37)46-44(33-17-6-2-7-18-33)45(54-55(42)46)34-27-29-36(30-28-34)49-51-48(35-19-8-3-9-20-35)52-50(53-49)41-25-14-24-40-39-23-12-13-26-43(39)56-47(40)41;1-4-15-32(16-5-1)41-31-37-21-10-11-22-38(37)47-44(33-17-6-2-7-18-33)46(54-55(41)47)34-27-29-36(30-28-34)49-51-48(35-19-8-3-9-20-35)52-50(53-49)40-24-14-26-43-45(40)39-23-12-13-25-42(39)56-43/h2*1-31H. The molecule has 0 saturated heterocycles. The zero-order valence-electron chi connectivity index (χ0n) is 60.1. The van der Waals surface area contributed by atoms with E-state index in [1.165, 1.54) is 51.1 Å². The van der Waals surface area contributed by atoms with Crippen LogP contribution in [0.2, 0.25) is 0 Å². The first-order chi connectivity index (χ1) is 55.5. The molecule has 0 radical (unpaired) electrons. The van der Waals surface area contributed by atoms with Gasteiger partial charge in [-0.3, -0.25) is 0 Å². The third-order valence-corrected chi connectivity index (χ3v) is 23.3. The second-order valence-electron chi connectivity index (χ2n) is 27.7. The Bertz CT molecular complexity index is 7330. The van der Waals surface area contributed by atoms with E-state index in [0.717, 1.165) is 122 Å². The largest absolute Gasteiger partial charge is 0.231 e. The Hall–Kier alpha value is -14.6. The Balaban J connectivity index is 0.000000141. The normalized spacial score (nSPS) is 11.6. The second kappa shape index (κ2) is 27.9. The van der Waals surface area contributed by atoms with Crippen LogP contribution in [-0.4, -0.2) is 49.1 Å². The quantitative estimate of drug-likeness (QED) is 0.119. The molecule has 0 atom stereocenters. The van der Waals surface area contributed by atoms with Crippen molar-refractivity contribution >= 4 is 95.6 Å². The fraction of sp³-hybridized carbons (Fsp3) is 0. The molecule has 22 aromatic rings. The smallest absolute Gasteiger partial charge is 0.165 e. The number of nitrogens with zero attached hydrogens (tertiary/aromatic N) is 10. The van der Waals surface area contributed by atoms with E-state index in [1.54, 1.807) is 22.7 Å². The number of rotatable bonds is 12. The summed E-state index contributed by atoms with van der Waals surface area (Å²) in [7, 11) is 0. The fourth-order valence-electron chi connectivity index (χ4n) is 15.7. The van der Waals surface area contributed by atoms with Gasteiger partial charge in [0.05, 0.1) is 22.4 Å². The molecule has 8 heterocycles. The molecule has 0 aliphatic heterocycles. The van der Waals surface area contributed by atoms with Gasteiger partial charge in [-0.25, -0.2) is 38.9 Å². The summed E-state index contributed by atoms with van der Waals surface area (Å²) in [4.78, 5) is 30.7. The molecule has 14 aromatic carbocycles. The third kappa shape index (κ3) is 11.7. The molecule has 0 bridgehead atoms. The lowest BCUT2D eigenvalue weighted by Gasteiger charge is -2.11. The van der Waals surface area contributed by atoms with Crippen LogP contribution in [0.25, 0.3) is 209 Å². The molecular formula is C100H62N10S2. The Morgan fingerprint density at radius 2 is 0.536 bits per heavy atom. The average Bonchev–Trinajstić information content (AvgIpc) is 1.56. The average molecular weight is 1470 g/mol. The summed E-state index contributed by atoms with van der Waals surface area (Å²) in [6.07, 6.45) is 0. The highest BCUT2D eigenvalue weighted by Gasteiger charge is 2.26. The van der Waals surface area contributed by atoms with E-state index in [4.69, 9.17) is 40.1 Å². The topological polar surface area (TPSA) is 112 Å². The summed E-state index contributed by atoms with van der Waals surface area (Å²) in [6.45, 7) is 0. The van der Waals surface area contributed by atoms with Crippen LogP contribution in [0.4, 0.5) is 0 Å². The minimum atomic E-state index is 0.618. The fourth-order valence-corrected chi connectivity index (χ4v) is 18.0. The molecule has 0 aliphatic rings. The number of benzene rings is 14. The Labute approximate surface area is 651 Å². The monoisotopic (exact) mass is 1470 g/mol. The number of fused-ring (bicyclic) bond motifs is 12. The van der Waals surface area contributed by atoms with E-state index in [2.05, 4.69) is 337 Å². The van der Waals surface area contributed by atoms with Gasteiger partial charge in [0, 0.05) is 118 Å². The molecule has 0 amide bonds. The molecule has 0 N–H and O–H groups in total. The number of hydrogen-bond donors (Lipinski definition) is 0. The number of aromatic nitrogens is 10. The van der Waals surface area contributed by atoms with Gasteiger partial charge >= 0.3 is 0 Å². The molecule has 112 heavy (non-hydrogen) atoms. The van der Waals surface area contributed by atoms with Crippen LogP contribution < -0.4 is 0 Å². The zero-order chi connectivity index (χ0) is 74.0. The van der Waals surface area contributed by atoms with E-state index < -0.39 is 0 Å². The highest BCUT2D eigenvalue weighted by molar-refractivity contribution is 7.26. The summed E-state index contributed by atoms with van der Waals surface area (Å²) in [6, 6.07) is 131. The van der Waals surface area contributed by atoms with E-state index in [1.807, 2.05) is 48.5 Å². The van der Waals surface area contributed by atoms with E-state index >= 15 is 0 Å². The maximum Gasteiger partial charge on any atom is 0.165 e. The van der Waals surface area contributed by atoms with Crippen LogP contribution in [-0.2, 0) is 0 Å². The van der Waals surface area contributed by atoms with Crippen molar-refractivity contribution in [2.75, 3.05) is 0 Å². The number of hydrogen-bond acceptors (Lipinski definition) is 10. The Morgan fingerprint density at radius 1 is 0.214 bits per heavy atom. The molecule has 10 nitrogen and oxygen atoms in total. The van der Waals surface area contributed by atoms with Gasteiger partial charge in [-0.1, -0.05) is 340 Å². The molecule has 0 fully saturated rings. The molecular weight excluding hydrogens is 1410 g/mol. The van der Waals surface area contributed by atoms with Crippen molar-refractivity contribution in [3.63, 3.8) is 0 Å². The summed E-state index contributed by atoms with van der Waals surface area (Å²) in [5, 5.41) is 20.3. The van der Waals surface area contributed by atoms with Crippen molar-refractivity contribution in [2.24, 2.45) is 0 Å². The summed E-state index contributed by atoms with van der Waals surface area (Å²) < 4.78 is 9.12. The van der Waals surface area contributed by atoms with Crippen molar-refractivity contribution in [1.82, 2.24) is 49.1 Å². The van der Waals surface area contributed by atoms with Gasteiger partial charge in [0.25, 0.3) is 0 Å². The predicted molar refractivity (Wildman–Crippen MR) is 463 cm³/mol. The van der Waals surface area contributed by atoms with Gasteiger partial charge in [-0.15, -0.1) is 22.7 Å². The number of pyridine rings is 2. The zero-order valence-corrected chi connectivity index (χ0v) is 61.7. The lowest BCUT2D eigenvalue weighted by molar-refractivity contribution is 0.979. The first kappa shape index (κ1) is 65.7. The summed E-state index contributed by atoms with van der Waals surface area (Å²) in [5.74, 6) is 3.82. The second-order valence-corrected chi connectivity index (χ2v) is 29.9. The van der Waals surface area contributed by atoms with E-state index in [-0.39, 0.29) is 0 Å². The molecule has 8 aromatic heterocycles. The van der Waals surface area contributed by atoms with Crippen molar-refractivity contribution < 1.29 is 0 Å². The van der Waals surface area contributed by atoms with Gasteiger partial charge < -0.3 is 0 Å². The summed E-state index contributed by atoms with van der Waals surface area (Å²) in [5.41, 5.74) is 20.4. The van der Waals surface area contributed by atoms with Crippen LogP contribution in [0.1, 0.15) is 0 Å². The molecule has 22 rings (SSSR count). The Kier molecular flexibility index (Phi) is 16.4. The van der Waals surface area contributed by atoms with Crippen molar-refractivity contribution in [3.05, 3.63) is 376 Å². The first-order valence-electron chi connectivity index (χ1n) is 37.3. The van der Waals surface area contributed by atoms with E-state index in [9.17, 15) is 0 Å². The molecule has 524 valence electrons. The third-order valence-electron chi connectivity index (χ3n) is 21.0. The van der Waals surface area contributed by atoms with Gasteiger partial charge in [0.1, 0.15) is 11.4 Å². The lowest BCUT2D eigenvalue weighted by Crippen LogP contribution is -2.00. The molecule has 0 saturated carbocycles.